The van der Waals surface area contributed by atoms with Crippen molar-refractivity contribution in [2.75, 3.05) is 18.9 Å². The second-order valence-electron chi connectivity index (χ2n) is 6.67. The van der Waals surface area contributed by atoms with Gasteiger partial charge >= 0.3 is 6.09 Å². The van der Waals surface area contributed by atoms with Gasteiger partial charge in [-0.25, -0.2) is 4.79 Å². The third kappa shape index (κ3) is 3.97. The second-order valence-corrected chi connectivity index (χ2v) is 6.67. The fourth-order valence-corrected chi connectivity index (χ4v) is 2.77. The maximum atomic E-state index is 11.8. The summed E-state index contributed by atoms with van der Waals surface area (Å²) < 4.78 is 5.28. The minimum absolute atomic E-state index is 0.400. The van der Waals surface area contributed by atoms with E-state index in [-0.39, 0.29) is 0 Å². The maximum absolute atomic E-state index is 11.8. The van der Waals surface area contributed by atoms with Gasteiger partial charge in [0.15, 0.2) is 0 Å². The first-order valence-electron chi connectivity index (χ1n) is 7.63. The van der Waals surface area contributed by atoms with E-state index in [9.17, 15) is 4.79 Å². The first-order chi connectivity index (χ1) is 9.80. The van der Waals surface area contributed by atoms with Crippen molar-refractivity contribution >= 4 is 11.8 Å². The van der Waals surface area contributed by atoms with Crippen molar-refractivity contribution < 1.29 is 9.53 Å². The summed E-state index contributed by atoms with van der Waals surface area (Å²) in [6.45, 7) is 8.81. The molecule has 4 nitrogen and oxygen atoms in total. The summed E-state index contributed by atoms with van der Waals surface area (Å²) >= 11 is 0. The fraction of sp³-hybridized carbons (Fsp3) is 0.588. The van der Waals surface area contributed by atoms with Crippen molar-refractivity contribution in [1.82, 2.24) is 4.90 Å². The number of benzene rings is 1. The standard InChI is InChI=1S/C17H26N2O2/c1-6-19(5)15-10-7-12-11-13(8-9-14(12)15)18-16(20)21-17(2,3)4/h8-9,11,15H,6-7,10H2,1-5H3,(H,18,20). The molecule has 1 aromatic rings. The van der Waals surface area contributed by atoms with Crippen LogP contribution in [-0.4, -0.2) is 30.2 Å². The molecule has 21 heavy (non-hydrogen) atoms. The van der Waals surface area contributed by atoms with Crippen molar-refractivity contribution in [1.29, 1.82) is 0 Å². The zero-order chi connectivity index (χ0) is 15.6. The smallest absolute Gasteiger partial charge is 0.412 e. The van der Waals surface area contributed by atoms with Crippen LogP contribution in [0.4, 0.5) is 10.5 Å². The van der Waals surface area contributed by atoms with E-state index >= 15 is 0 Å². The minimum Gasteiger partial charge on any atom is -0.444 e. The van der Waals surface area contributed by atoms with Gasteiger partial charge in [0.25, 0.3) is 0 Å². The average Bonchev–Trinajstić information content (AvgIpc) is 2.78. The highest BCUT2D eigenvalue weighted by Crippen LogP contribution is 2.36. The Morgan fingerprint density at radius 3 is 2.76 bits per heavy atom. The number of fused-ring (bicyclic) bond motifs is 1. The molecule has 1 aliphatic rings. The quantitative estimate of drug-likeness (QED) is 0.915. The first-order valence-corrected chi connectivity index (χ1v) is 7.63. The predicted octanol–water partition coefficient (Wildman–Crippen LogP) is 3.97. The summed E-state index contributed by atoms with van der Waals surface area (Å²) in [6.07, 6.45) is 1.81. The van der Waals surface area contributed by atoms with Crippen molar-refractivity contribution in [3.05, 3.63) is 29.3 Å². The maximum Gasteiger partial charge on any atom is 0.412 e. The number of anilines is 1. The Kier molecular flexibility index (Phi) is 4.57. The lowest BCUT2D eigenvalue weighted by atomic mass is 10.1. The van der Waals surface area contributed by atoms with Crippen molar-refractivity contribution in [3.8, 4) is 0 Å². The zero-order valence-electron chi connectivity index (χ0n) is 13.7. The summed E-state index contributed by atoms with van der Waals surface area (Å²) in [5.41, 5.74) is 3.04. The number of hydrogen-bond acceptors (Lipinski definition) is 3. The van der Waals surface area contributed by atoms with Crippen LogP contribution in [0, 0.1) is 0 Å². The fourth-order valence-electron chi connectivity index (χ4n) is 2.77. The van der Waals surface area contributed by atoms with Crippen LogP contribution in [-0.2, 0) is 11.2 Å². The summed E-state index contributed by atoms with van der Waals surface area (Å²) in [7, 11) is 2.16. The van der Waals surface area contributed by atoms with Crippen LogP contribution in [0.5, 0.6) is 0 Å². The molecule has 0 bridgehead atoms. The van der Waals surface area contributed by atoms with Gasteiger partial charge in [0.1, 0.15) is 5.60 Å². The molecule has 0 aliphatic heterocycles. The predicted molar refractivity (Wildman–Crippen MR) is 85.7 cm³/mol. The molecule has 0 saturated heterocycles. The molecule has 0 heterocycles. The van der Waals surface area contributed by atoms with Crippen LogP contribution in [0.25, 0.3) is 0 Å². The number of nitrogens with one attached hydrogen (secondary N) is 1. The van der Waals surface area contributed by atoms with E-state index < -0.39 is 11.7 Å². The van der Waals surface area contributed by atoms with Crippen LogP contribution < -0.4 is 5.32 Å². The topological polar surface area (TPSA) is 41.6 Å². The molecular formula is C17H26N2O2. The van der Waals surface area contributed by atoms with Crippen LogP contribution in [0.2, 0.25) is 0 Å². The number of carbonyl (C=O) groups is 1. The summed E-state index contributed by atoms with van der Waals surface area (Å²) in [4.78, 5) is 14.2. The monoisotopic (exact) mass is 290 g/mol. The number of amides is 1. The first kappa shape index (κ1) is 15.8. The molecule has 1 aliphatic carbocycles. The van der Waals surface area contributed by atoms with Gasteiger partial charge in [-0.05, 0) is 70.5 Å². The molecule has 0 aromatic heterocycles. The Hall–Kier alpha value is -1.55. The van der Waals surface area contributed by atoms with Crippen molar-refractivity contribution in [2.45, 2.75) is 52.2 Å². The van der Waals surface area contributed by atoms with Crippen LogP contribution in [0.15, 0.2) is 18.2 Å². The SMILES string of the molecule is CCN(C)C1CCc2cc(NC(=O)OC(C)(C)C)ccc21. The average molecular weight is 290 g/mol. The third-order valence-electron chi connectivity index (χ3n) is 3.87. The highest BCUT2D eigenvalue weighted by Gasteiger charge is 2.25. The van der Waals surface area contributed by atoms with Gasteiger partial charge in [0.05, 0.1) is 0 Å². The largest absolute Gasteiger partial charge is 0.444 e. The normalized spacial score (nSPS) is 17.7. The molecule has 1 aromatic carbocycles. The number of rotatable bonds is 3. The van der Waals surface area contributed by atoms with Crippen LogP contribution in [0.1, 0.15) is 51.3 Å². The van der Waals surface area contributed by atoms with Gasteiger partial charge in [0.2, 0.25) is 0 Å². The lowest BCUT2D eigenvalue weighted by Gasteiger charge is -2.23. The molecule has 1 atom stereocenters. The molecule has 1 N–H and O–H groups in total. The van der Waals surface area contributed by atoms with Crippen LogP contribution in [0.3, 0.4) is 0 Å². The molecule has 0 spiro atoms. The Labute approximate surface area is 127 Å². The van der Waals surface area contributed by atoms with Gasteiger partial charge in [-0.1, -0.05) is 13.0 Å². The number of hydrogen-bond donors (Lipinski definition) is 1. The third-order valence-corrected chi connectivity index (χ3v) is 3.87. The molecule has 1 unspecified atom stereocenters. The van der Waals surface area contributed by atoms with E-state index in [0.717, 1.165) is 25.1 Å². The second kappa shape index (κ2) is 6.06. The molecule has 116 valence electrons. The van der Waals surface area contributed by atoms with Gasteiger partial charge in [0, 0.05) is 11.7 Å². The number of carbonyl (C=O) groups excluding carboxylic acids is 1. The number of aryl methyl sites for hydroxylation is 1. The molecule has 1 amide bonds. The van der Waals surface area contributed by atoms with E-state index in [2.05, 4.69) is 36.3 Å². The highest BCUT2D eigenvalue weighted by atomic mass is 16.6. The van der Waals surface area contributed by atoms with Gasteiger partial charge in [-0.15, -0.1) is 0 Å². The molecule has 0 saturated carbocycles. The summed E-state index contributed by atoms with van der Waals surface area (Å²) in [5, 5.41) is 2.81. The number of nitrogens with zero attached hydrogens (tertiary/aromatic N) is 1. The van der Waals surface area contributed by atoms with Gasteiger partial charge in [-0.3, -0.25) is 10.2 Å². The van der Waals surface area contributed by atoms with Crippen LogP contribution >= 0.6 is 0 Å². The van der Waals surface area contributed by atoms with E-state index in [1.165, 1.54) is 11.1 Å². The molecule has 0 radical (unpaired) electrons. The van der Waals surface area contributed by atoms with E-state index in [1.807, 2.05) is 26.8 Å². The Balaban J connectivity index is 2.07. The minimum atomic E-state index is -0.476. The number of ether oxygens (including phenoxy) is 1. The Morgan fingerprint density at radius 1 is 1.43 bits per heavy atom. The lowest BCUT2D eigenvalue weighted by Crippen LogP contribution is -2.27. The zero-order valence-corrected chi connectivity index (χ0v) is 13.7. The highest BCUT2D eigenvalue weighted by molar-refractivity contribution is 5.85. The Bertz CT molecular complexity index is 520. The molecular weight excluding hydrogens is 264 g/mol. The summed E-state index contributed by atoms with van der Waals surface area (Å²) in [6, 6.07) is 6.67. The van der Waals surface area contributed by atoms with Crippen molar-refractivity contribution in [2.24, 2.45) is 0 Å². The molecule has 0 fully saturated rings. The lowest BCUT2D eigenvalue weighted by molar-refractivity contribution is 0.0636. The summed E-state index contributed by atoms with van der Waals surface area (Å²) in [5.74, 6) is 0. The van der Waals surface area contributed by atoms with E-state index in [1.54, 1.807) is 0 Å². The van der Waals surface area contributed by atoms with Gasteiger partial charge in [-0.2, -0.15) is 0 Å². The van der Waals surface area contributed by atoms with Crippen molar-refractivity contribution in [3.63, 3.8) is 0 Å². The van der Waals surface area contributed by atoms with E-state index in [4.69, 9.17) is 4.74 Å². The molecule has 4 heteroatoms. The van der Waals surface area contributed by atoms with E-state index in [0.29, 0.717) is 6.04 Å². The van der Waals surface area contributed by atoms with Gasteiger partial charge < -0.3 is 4.74 Å². The molecule has 2 rings (SSSR count). The Morgan fingerprint density at radius 2 is 2.14 bits per heavy atom.